The summed E-state index contributed by atoms with van der Waals surface area (Å²) >= 11 is 0. The predicted molar refractivity (Wildman–Crippen MR) is 85.2 cm³/mol. The third-order valence-electron chi connectivity index (χ3n) is 4.25. The van der Waals surface area contributed by atoms with Gasteiger partial charge in [0.2, 0.25) is 0 Å². The lowest BCUT2D eigenvalue weighted by atomic mass is 9.83. The molecule has 0 heterocycles. The zero-order valence-corrected chi connectivity index (χ0v) is 13.4. The molecule has 0 bridgehead atoms. The molecule has 1 saturated carbocycles. The number of carbonyl (C=O) groups is 1. The number of nitrogens with one attached hydrogen (secondary N) is 1. The molecule has 0 amide bonds. The third-order valence-corrected chi connectivity index (χ3v) is 4.25. The van der Waals surface area contributed by atoms with Crippen LogP contribution >= 0.6 is 0 Å². The normalized spacial score (nSPS) is 15.7. The van der Waals surface area contributed by atoms with Crippen molar-refractivity contribution in [2.75, 3.05) is 13.2 Å². The van der Waals surface area contributed by atoms with Gasteiger partial charge in [0.15, 0.2) is 0 Å². The molecular formula is C18H26FNO2. The van der Waals surface area contributed by atoms with Crippen molar-refractivity contribution < 1.29 is 13.9 Å². The maximum Gasteiger partial charge on any atom is 0.307 e. The summed E-state index contributed by atoms with van der Waals surface area (Å²) in [6.07, 6.45) is 6.25. The average Bonchev–Trinajstić information content (AvgIpc) is 2.53. The van der Waals surface area contributed by atoms with Crippen molar-refractivity contribution in [1.29, 1.82) is 0 Å². The lowest BCUT2D eigenvalue weighted by Gasteiger charge is -2.22. The molecule has 1 aromatic carbocycles. The van der Waals surface area contributed by atoms with E-state index in [1.165, 1.54) is 19.3 Å². The number of esters is 1. The van der Waals surface area contributed by atoms with Crippen LogP contribution in [-0.4, -0.2) is 19.1 Å². The van der Waals surface area contributed by atoms with E-state index in [9.17, 15) is 9.18 Å². The molecule has 0 spiro atoms. The third kappa shape index (κ3) is 5.09. The molecule has 0 atom stereocenters. The molecule has 0 unspecified atom stereocenters. The van der Waals surface area contributed by atoms with Gasteiger partial charge in [0.05, 0.1) is 13.0 Å². The number of carbonyl (C=O) groups excluding carboxylic acids is 1. The molecule has 1 aromatic rings. The number of hydrogen-bond acceptors (Lipinski definition) is 3. The summed E-state index contributed by atoms with van der Waals surface area (Å²) in [5.41, 5.74) is 1.79. The van der Waals surface area contributed by atoms with Crippen molar-refractivity contribution in [2.45, 2.75) is 57.9 Å². The molecule has 22 heavy (non-hydrogen) atoms. The van der Waals surface area contributed by atoms with Crippen LogP contribution in [0.4, 0.5) is 4.39 Å². The van der Waals surface area contributed by atoms with Crippen LogP contribution in [0.2, 0.25) is 0 Å². The summed E-state index contributed by atoms with van der Waals surface area (Å²) in [5.74, 6) is 0.102. The Morgan fingerprint density at radius 1 is 1.32 bits per heavy atom. The van der Waals surface area contributed by atoms with E-state index in [1.54, 1.807) is 13.0 Å². The van der Waals surface area contributed by atoms with Crippen molar-refractivity contribution in [3.8, 4) is 0 Å². The highest BCUT2D eigenvalue weighted by molar-refractivity contribution is 5.69. The van der Waals surface area contributed by atoms with Gasteiger partial charge in [-0.25, -0.2) is 4.39 Å². The van der Waals surface area contributed by atoms with E-state index in [0.29, 0.717) is 32.0 Å². The van der Waals surface area contributed by atoms with Crippen molar-refractivity contribution in [2.24, 2.45) is 0 Å². The zero-order chi connectivity index (χ0) is 15.8. The minimum atomic E-state index is -0.200. The SMILES string of the molecule is CCOC(=O)CCNCc1ccc(C2CCCCC2)c(F)c1. The molecule has 1 aliphatic rings. The quantitative estimate of drug-likeness (QED) is 0.613. The van der Waals surface area contributed by atoms with Crippen LogP contribution in [0.15, 0.2) is 18.2 Å². The lowest BCUT2D eigenvalue weighted by Crippen LogP contribution is -2.19. The van der Waals surface area contributed by atoms with Gasteiger partial charge in [-0.2, -0.15) is 0 Å². The smallest absolute Gasteiger partial charge is 0.307 e. The first-order valence-electron chi connectivity index (χ1n) is 8.35. The van der Waals surface area contributed by atoms with E-state index in [2.05, 4.69) is 5.32 Å². The van der Waals surface area contributed by atoms with Gasteiger partial charge in [-0.1, -0.05) is 31.4 Å². The second kappa shape index (κ2) is 8.89. The summed E-state index contributed by atoms with van der Waals surface area (Å²) in [7, 11) is 0. The summed E-state index contributed by atoms with van der Waals surface area (Å²) < 4.78 is 19.1. The molecule has 2 rings (SSSR count). The molecule has 0 radical (unpaired) electrons. The highest BCUT2D eigenvalue weighted by atomic mass is 19.1. The second-order valence-electron chi connectivity index (χ2n) is 5.92. The van der Waals surface area contributed by atoms with Gasteiger partial charge in [-0.05, 0) is 42.9 Å². The van der Waals surface area contributed by atoms with E-state index < -0.39 is 0 Å². The van der Waals surface area contributed by atoms with E-state index >= 15 is 0 Å². The lowest BCUT2D eigenvalue weighted by molar-refractivity contribution is -0.142. The number of rotatable bonds is 7. The molecule has 1 N–H and O–H groups in total. The molecule has 122 valence electrons. The fourth-order valence-corrected chi connectivity index (χ4v) is 3.08. The Balaban J connectivity index is 1.80. The van der Waals surface area contributed by atoms with Crippen molar-refractivity contribution in [3.05, 3.63) is 35.1 Å². The Bertz CT molecular complexity index is 484. The molecule has 0 saturated heterocycles. The number of benzene rings is 1. The molecule has 1 aliphatic carbocycles. The van der Waals surface area contributed by atoms with Crippen LogP contribution in [0.3, 0.4) is 0 Å². The molecule has 3 nitrogen and oxygen atoms in total. The molecule has 0 aromatic heterocycles. The van der Waals surface area contributed by atoms with E-state index in [-0.39, 0.29) is 11.8 Å². The Kier molecular flexibility index (Phi) is 6.84. The minimum absolute atomic E-state index is 0.0865. The summed E-state index contributed by atoms with van der Waals surface area (Å²) in [5, 5.41) is 3.15. The van der Waals surface area contributed by atoms with Gasteiger partial charge in [-0.3, -0.25) is 4.79 Å². The number of hydrogen-bond donors (Lipinski definition) is 1. The molecular weight excluding hydrogens is 281 g/mol. The fraction of sp³-hybridized carbons (Fsp3) is 0.611. The summed E-state index contributed by atoms with van der Waals surface area (Å²) in [6.45, 7) is 3.32. The Hall–Kier alpha value is -1.42. The monoisotopic (exact) mass is 307 g/mol. The zero-order valence-electron chi connectivity index (χ0n) is 13.4. The summed E-state index contributed by atoms with van der Waals surface area (Å²) in [4.78, 5) is 11.2. The van der Waals surface area contributed by atoms with E-state index in [4.69, 9.17) is 4.74 Å². The molecule has 4 heteroatoms. The molecule has 1 fully saturated rings. The Morgan fingerprint density at radius 3 is 2.77 bits per heavy atom. The summed E-state index contributed by atoms with van der Waals surface area (Å²) in [6, 6.07) is 5.55. The Morgan fingerprint density at radius 2 is 2.09 bits per heavy atom. The van der Waals surface area contributed by atoms with Crippen molar-refractivity contribution in [3.63, 3.8) is 0 Å². The first-order valence-corrected chi connectivity index (χ1v) is 8.35. The number of ether oxygens (including phenoxy) is 1. The maximum absolute atomic E-state index is 14.3. The van der Waals surface area contributed by atoms with Gasteiger partial charge in [-0.15, -0.1) is 0 Å². The first-order chi connectivity index (χ1) is 10.7. The predicted octanol–water partition coefficient (Wildman–Crippen LogP) is 3.92. The van der Waals surface area contributed by atoms with Crippen LogP contribution in [0.25, 0.3) is 0 Å². The second-order valence-corrected chi connectivity index (χ2v) is 5.92. The molecule has 0 aliphatic heterocycles. The minimum Gasteiger partial charge on any atom is -0.466 e. The van der Waals surface area contributed by atoms with Crippen molar-refractivity contribution >= 4 is 5.97 Å². The standard InChI is InChI=1S/C18H26FNO2/c1-2-22-18(21)10-11-20-13-14-8-9-16(17(19)12-14)15-6-4-3-5-7-15/h8-9,12,15,20H,2-7,10-11,13H2,1H3. The van der Waals surface area contributed by atoms with E-state index in [0.717, 1.165) is 24.0 Å². The Labute approximate surface area is 132 Å². The van der Waals surface area contributed by atoms with Gasteiger partial charge in [0, 0.05) is 13.1 Å². The van der Waals surface area contributed by atoms with Crippen LogP contribution in [-0.2, 0) is 16.1 Å². The maximum atomic E-state index is 14.3. The van der Waals surface area contributed by atoms with Crippen LogP contribution < -0.4 is 5.32 Å². The fourth-order valence-electron chi connectivity index (χ4n) is 3.08. The highest BCUT2D eigenvalue weighted by Crippen LogP contribution is 2.34. The number of halogens is 1. The first kappa shape index (κ1) is 16.9. The largest absolute Gasteiger partial charge is 0.466 e. The van der Waals surface area contributed by atoms with Gasteiger partial charge in [0.25, 0.3) is 0 Å². The van der Waals surface area contributed by atoms with Crippen molar-refractivity contribution in [1.82, 2.24) is 5.32 Å². The topological polar surface area (TPSA) is 38.3 Å². The van der Waals surface area contributed by atoms with Gasteiger partial charge in [0.1, 0.15) is 5.82 Å². The van der Waals surface area contributed by atoms with Gasteiger partial charge < -0.3 is 10.1 Å². The van der Waals surface area contributed by atoms with Crippen LogP contribution in [0, 0.1) is 5.82 Å². The van der Waals surface area contributed by atoms with Gasteiger partial charge >= 0.3 is 5.97 Å². The average molecular weight is 307 g/mol. The van der Waals surface area contributed by atoms with Crippen LogP contribution in [0.5, 0.6) is 0 Å². The highest BCUT2D eigenvalue weighted by Gasteiger charge is 2.18. The van der Waals surface area contributed by atoms with E-state index in [1.807, 2.05) is 12.1 Å². The van der Waals surface area contributed by atoms with Crippen LogP contribution in [0.1, 0.15) is 62.5 Å².